The van der Waals surface area contributed by atoms with E-state index >= 15 is 0 Å². The number of hydrogen-bond acceptors (Lipinski definition) is 10. The lowest BCUT2D eigenvalue weighted by atomic mass is 10.1. The van der Waals surface area contributed by atoms with Gasteiger partial charge in [0.2, 0.25) is 5.95 Å². The van der Waals surface area contributed by atoms with Crippen LogP contribution < -0.4 is 10.2 Å². The molecule has 1 N–H and O–H groups in total. The molecule has 2 aromatic heterocycles. The molecule has 1 aromatic carbocycles. The average molecular weight is 624 g/mol. The van der Waals surface area contributed by atoms with Crippen molar-refractivity contribution < 1.29 is 31.1 Å². The summed E-state index contributed by atoms with van der Waals surface area (Å²) in [6.07, 6.45) is -2.17. The molecule has 3 aliphatic rings. The second-order valence-corrected chi connectivity index (χ2v) is 13.9. The molecule has 42 heavy (non-hydrogen) atoms. The predicted molar refractivity (Wildman–Crippen MR) is 154 cm³/mol. The summed E-state index contributed by atoms with van der Waals surface area (Å²) in [7, 11) is -1.95. The fourth-order valence-electron chi connectivity index (χ4n) is 6.02. The molecule has 0 spiro atoms. The number of sulfone groups is 1. The number of alkyl halides is 3. The maximum atomic E-state index is 14.0. The highest BCUT2D eigenvalue weighted by Gasteiger charge is 2.43. The minimum absolute atomic E-state index is 0.00235. The smallest absolute Gasteiger partial charge is 0.383 e. The number of aromatic nitrogens is 2. The fourth-order valence-corrected chi connectivity index (χ4v) is 8.85. The van der Waals surface area contributed by atoms with Gasteiger partial charge in [0, 0.05) is 61.3 Å². The number of nitrogens with zero attached hydrogens (tertiary/aromatic N) is 4. The van der Waals surface area contributed by atoms with Crippen LogP contribution in [0.15, 0.2) is 35.4 Å². The Balaban J connectivity index is 1.28. The summed E-state index contributed by atoms with van der Waals surface area (Å²) in [4.78, 5) is 13.6. The molecule has 0 saturated carbocycles. The maximum absolute atomic E-state index is 14.0. The van der Waals surface area contributed by atoms with Crippen molar-refractivity contribution in [2.45, 2.75) is 49.5 Å². The third-order valence-corrected chi connectivity index (χ3v) is 11.1. The molecule has 5 heterocycles. The highest BCUT2D eigenvalue weighted by atomic mass is 32.2. The van der Waals surface area contributed by atoms with Gasteiger partial charge < -0.3 is 19.7 Å². The molecular formula is C28H32F3N5O4S2. The second kappa shape index (κ2) is 11.4. The first-order chi connectivity index (χ1) is 20.1. The average Bonchev–Trinajstić information content (AvgIpc) is 3.67. The monoisotopic (exact) mass is 623 g/mol. The van der Waals surface area contributed by atoms with Crippen LogP contribution in [0.25, 0.3) is 10.6 Å². The first-order valence-electron chi connectivity index (χ1n) is 13.8. The largest absolute Gasteiger partial charge is 0.420 e. The van der Waals surface area contributed by atoms with Gasteiger partial charge in [0.05, 0.1) is 41.0 Å². The number of aryl methyl sites for hydroxylation is 1. The van der Waals surface area contributed by atoms with Crippen LogP contribution in [-0.2, 0) is 38.5 Å². The van der Waals surface area contributed by atoms with Crippen molar-refractivity contribution in [3.63, 3.8) is 0 Å². The lowest BCUT2D eigenvalue weighted by Crippen LogP contribution is -2.47. The number of piperazine rings is 1. The number of thiophene rings is 1. The Morgan fingerprint density at radius 2 is 2.05 bits per heavy atom. The molecule has 0 amide bonds. The molecular weight excluding hydrogens is 591 g/mol. The summed E-state index contributed by atoms with van der Waals surface area (Å²) in [6, 6.07) is 8.27. The third-order valence-electron chi connectivity index (χ3n) is 8.15. The van der Waals surface area contributed by atoms with Crippen molar-refractivity contribution >= 4 is 38.5 Å². The minimum atomic E-state index is -4.73. The summed E-state index contributed by atoms with van der Waals surface area (Å²) in [5, 5.41) is 3.11. The molecule has 0 radical (unpaired) electrons. The van der Waals surface area contributed by atoms with Gasteiger partial charge in [-0.15, -0.1) is 11.3 Å². The molecule has 2 bridgehead atoms. The Morgan fingerprint density at radius 3 is 2.76 bits per heavy atom. The van der Waals surface area contributed by atoms with Crippen LogP contribution in [0.2, 0.25) is 0 Å². The van der Waals surface area contributed by atoms with Crippen molar-refractivity contribution in [3.8, 4) is 10.6 Å². The molecule has 6 rings (SSSR count). The Labute approximate surface area is 246 Å². The van der Waals surface area contributed by atoms with Gasteiger partial charge in [-0.3, -0.25) is 4.90 Å². The Kier molecular flexibility index (Phi) is 7.94. The lowest BCUT2D eigenvalue weighted by Gasteiger charge is -2.35. The number of nitrogens with one attached hydrogen (secondary N) is 1. The first-order valence-corrected chi connectivity index (χ1v) is 16.3. The first kappa shape index (κ1) is 29.3. The normalized spacial score (nSPS) is 21.9. The van der Waals surface area contributed by atoms with Gasteiger partial charge in [0.15, 0.2) is 9.84 Å². The molecule has 14 heteroatoms. The second-order valence-electron chi connectivity index (χ2n) is 10.7. The highest BCUT2D eigenvalue weighted by molar-refractivity contribution is 7.91. The van der Waals surface area contributed by atoms with Crippen molar-refractivity contribution in [2.24, 2.45) is 0 Å². The van der Waals surface area contributed by atoms with Gasteiger partial charge in [-0.1, -0.05) is 6.92 Å². The maximum Gasteiger partial charge on any atom is 0.420 e. The van der Waals surface area contributed by atoms with E-state index in [1.54, 1.807) is 7.11 Å². The number of benzene rings is 1. The number of likely N-dealkylation sites (tertiary alicyclic amines) is 1. The fraction of sp³-hybridized carbons (Fsp3) is 0.500. The number of anilines is 3. The summed E-state index contributed by atoms with van der Waals surface area (Å²) in [6.45, 7) is 5.68. The number of methoxy groups -OCH3 is 1. The van der Waals surface area contributed by atoms with Gasteiger partial charge >= 0.3 is 6.18 Å². The summed E-state index contributed by atoms with van der Waals surface area (Å²) in [5.74, 6) is -0.225. The number of fused-ring (bicyclic) bond motifs is 3. The van der Waals surface area contributed by atoms with E-state index in [9.17, 15) is 21.6 Å². The van der Waals surface area contributed by atoms with E-state index in [-0.39, 0.29) is 40.4 Å². The van der Waals surface area contributed by atoms with Crippen molar-refractivity contribution in [1.29, 1.82) is 0 Å². The summed E-state index contributed by atoms with van der Waals surface area (Å²) >= 11 is 0.945. The molecule has 3 aromatic rings. The quantitative estimate of drug-likeness (QED) is 0.382. The van der Waals surface area contributed by atoms with E-state index in [1.807, 2.05) is 19.1 Å². The van der Waals surface area contributed by atoms with E-state index in [1.165, 1.54) is 6.07 Å². The lowest BCUT2D eigenvalue weighted by molar-refractivity contribution is -0.137. The number of ether oxygens (including phenoxy) is 2. The molecule has 0 unspecified atom stereocenters. The van der Waals surface area contributed by atoms with Gasteiger partial charge in [0.25, 0.3) is 0 Å². The Bertz CT molecular complexity index is 1580. The SMILES string of the molecule is CCc1cc(N2C[C@H]3C[C@@H]2CN3CCOC)ccc1Nc1ncc(C(F)(F)F)c(-c2cc3c(s2)COCCS3(=O)=O)n1. The van der Waals surface area contributed by atoms with Crippen LogP contribution in [-0.4, -0.2) is 81.1 Å². The van der Waals surface area contributed by atoms with Crippen LogP contribution in [0.5, 0.6) is 0 Å². The molecule has 226 valence electrons. The van der Waals surface area contributed by atoms with Crippen molar-refractivity contribution in [1.82, 2.24) is 14.9 Å². The summed E-state index contributed by atoms with van der Waals surface area (Å²) in [5.41, 5.74) is 1.42. The molecule has 9 nitrogen and oxygen atoms in total. The zero-order valence-electron chi connectivity index (χ0n) is 23.3. The zero-order chi connectivity index (χ0) is 29.6. The van der Waals surface area contributed by atoms with Gasteiger partial charge in [-0.25, -0.2) is 18.4 Å². The van der Waals surface area contributed by atoms with Crippen molar-refractivity contribution in [3.05, 3.63) is 46.5 Å². The standard InChI is InChI=1S/C28H32F3N5O4S2/c1-3-17-10-18(36-15-19-11-20(36)14-35(19)6-7-39-2)4-5-22(17)33-27-32-13-21(28(29,30)31)26(34-27)23-12-25-24(41-23)16-40-8-9-42(25,37)38/h4-5,10,12-13,19-20H,3,6-9,11,14-16H2,1-2H3,(H,32,33,34)/t19-,20-/m1/s1. The van der Waals surface area contributed by atoms with Gasteiger partial charge in [0.1, 0.15) is 5.56 Å². The molecule has 3 aliphatic heterocycles. The van der Waals surface area contributed by atoms with Crippen LogP contribution >= 0.6 is 11.3 Å². The molecule has 2 fully saturated rings. The van der Waals surface area contributed by atoms with Gasteiger partial charge in [-0.2, -0.15) is 13.2 Å². The van der Waals surface area contributed by atoms with Crippen LogP contribution in [0.1, 0.15) is 29.3 Å². The highest BCUT2D eigenvalue weighted by Crippen LogP contribution is 2.42. The molecule has 2 atom stereocenters. The van der Waals surface area contributed by atoms with Crippen LogP contribution in [0.4, 0.5) is 30.5 Å². The molecule has 2 saturated heterocycles. The topological polar surface area (TPSA) is 96.9 Å². The summed E-state index contributed by atoms with van der Waals surface area (Å²) < 4.78 is 78.0. The van der Waals surface area contributed by atoms with Crippen LogP contribution in [0.3, 0.4) is 0 Å². The van der Waals surface area contributed by atoms with E-state index < -0.39 is 21.6 Å². The van der Waals surface area contributed by atoms with Crippen molar-refractivity contribution in [2.75, 3.05) is 55.9 Å². The van der Waals surface area contributed by atoms with E-state index in [0.29, 0.717) is 29.1 Å². The van der Waals surface area contributed by atoms with Gasteiger partial charge in [-0.05, 0) is 42.7 Å². The van der Waals surface area contributed by atoms with Crippen LogP contribution in [0, 0.1) is 0 Å². The van der Waals surface area contributed by atoms with E-state index in [0.717, 1.165) is 61.4 Å². The number of halogens is 3. The third kappa shape index (κ3) is 5.62. The number of rotatable bonds is 8. The molecule has 0 aliphatic carbocycles. The zero-order valence-corrected chi connectivity index (χ0v) is 24.9. The Morgan fingerprint density at radius 1 is 1.21 bits per heavy atom. The number of hydrogen-bond donors (Lipinski definition) is 1. The van der Waals surface area contributed by atoms with E-state index in [2.05, 4.69) is 31.2 Å². The van der Waals surface area contributed by atoms with E-state index in [4.69, 9.17) is 9.47 Å². The predicted octanol–water partition coefficient (Wildman–Crippen LogP) is 4.74. The minimum Gasteiger partial charge on any atom is -0.383 e. The Hall–Kier alpha value is -2.78.